The van der Waals surface area contributed by atoms with E-state index < -0.39 is 0 Å². The Balaban J connectivity index is 2.36. The minimum Gasteiger partial charge on any atom is -0.289 e. The molecule has 0 radical (unpaired) electrons. The second-order valence-corrected chi connectivity index (χ2v) is 5.22. The van der Waals surface area contributed by atoms with Gasteiger partial charge in [-0.1, -0.05) is 53.5 Å². The van der Waals surface area contributed by atoms with Crippen LogP contribution in [0.1, 0.15) is 15.9 Å². The Morgan fingerprint density at radius 2 is 1.47 bits per heavy atom. The maximum absolute atomic E-state index is 12.3. The third kappa shape index (κ3) is 3.19. The number of carbonyl (C=O) groups excluding carboxylic acids is 1. The van der Waals surface area contributed by atoms with Crippen molar-refractivity contribution in [1.29, 1.82) is 0 Å². The fourth-order valence-corrected chi connectivity index (χ4v) is 2.12. The van der Waals surface area contributed by atoms with Crippen LogP contribution in [0.25, 0.3) is 5.57 Å². The van der Waals surface area contributed by atoms with Gasteiger partial charge in [0.05, 0.1) is 5.02 Å². The van der Waals surface area contributed by atoms with E-state index in [-0.39, 0.29) is 5.78 Å². The lowest BCUT2D eigenvalue weighted by Gasteiger charge is -2.07. The van der Waals surface area contributed by atoms with E-state index in [0.29, 0.717) is 31.8 Å². The third-order valence-electron chi connectivity index (χ3n) is 2.64. The predicted octanol–water partition coefficient (Wildman–Crippen LogP) is 5.54. The summed E-state index contributed by atoms with van der Waals surface area (Å²) in [5.41, 5.74) is 1.39. The van der Waals surface area contributed by atoms with Crippen molar-refractivity contribution in [3.8, 4) is 0 Å². The molecule has 0 saturated carbocycles. The van der Waals surface area contributed by atoms with Crippen LogP contribution in [0.15, 0.2) is 49.0 Å². The Morgan fingerprint density at radius 3 is 2.11 bits per heavy atom. The van der Waals surface area contributed by atoms with Crippen LogP contribution in [0.3, 0.4) is 0 Å². The summed E-state index contributed by atoms with van der Waals surface area (Å²) < 4.78 is 0. The molecular formula is C15H9Cl3O. The van der Waals surface area contributed by atoms with Gasteiger partial charge in [0.15, 0.2) is 5.78 Å². The molecule has 96 valence electrons. The van der Waals surface area contributed by atoms with Gasteiger partial charge in [0.25, 0.3) is 0 Å². The topological polar surface area (TPSA) is 17.1 Å². The van der Waals surface area contributed by atoms with E-state index in [1.54, 1.807) is 36.4 Å². The zero-order valence-corrected chi connectivity index (χ0v) is 12.1. The van der Waals surface area contributed by atoms with E-state index in [1.807, 2.05) is 0 Å². The second-order valence-electron chi connectivity index (χ2n) is 3.94. The molecule has 0 atom stereocenters. The molecule has 1 nitrogen and oxygen atoms in total. The molecule has 0 unspecified atom stereocenters. The van der Waals surface area contributed by atoms with Crippen molar-refractivity contribution in [1.82, 2.24) is 0 Å². The summed E-state index contributed by atoms with van der Waals surface area (Å²) in [6, 6.07) is 11.6. The fourth-order valence-electron chi connectivity index (χ4n) is 1.62. The molecule has 2 aromatic rings. The molecule has 0 amide bonds. The number of rotatable bonds is 3. The first-order valence-corrected chi connectivity index (χ1v) is 6.57. The van der Waals surface area contributed by atoms with Crippen molar-refractivity contribution in [3.63, 3.8) is 0 Å². The number of hydrogen-bond acceptors (Lipinski definition) is 1. The molecule has 0 saturated heterocycles. The number of Topliss-reactive ketones (excluding diaryl/α,β-unsaturated/α-hetero) is 1. The number of halogens is 3. The first-order valence-electron chi connectivity index (χ1n) is 5.43. The molecule has 0 fully saturated rings. The summed E-state index contributed by atoms with van der Waals surface area (Å²) in [6.45, 7) is 3.81. The highest BCUT2D eigenvalue weighted by molar-refractivity contribution is 6.40. The number of hydrogen-bond donors (Lipinski definition) is 0. The van der Waals surface area contributed by atoms with Gasteiger partial charge in [-0.05, 0) is 35.9 Å². The van der Waals surface area contributed by atoms with Crippen molar-refractivity contribution in [2.45, 2.75) is 0 Å². The summed E-state index contributed by atoms with van der Waals surface area (Å²) in [7, 11) is 0. The van der Waals surface area contributed by atoms with Gasteiger partial charge in [0.1, 0.15) is 0 Å². The monoisotopic (exact) mass is 310 g/mol. The molecule has 0 bridgehead atoms. The Labute approximate surface area is 126 Å². The predicted molar refractivity (Wildman–Crippen MR) is 81.3 cm³/mol. The standard InChI is InChI=1S/C15H9Cl3O/c1-9(10-2-4-11(16)5-3-10)15(19)13-8-12(17)6-7-14(13)18/h2-8H,1H2. The number of allylic oxidation sites excluding steroid dienone is 1. The van der Waals surface area contributed by atoms with Crippen LogP contribution >= 0.6 is 34.8 Å². The van der Waals surface area contributed by atoms with Gasteiger partial charge < -0.3 is 0 Å². The van der Waals surface area contributed by atoms with Gasteiger partial charge in [-0.2, -0.15) is 0 Å². The van der Waals surface area contributed by atoms with E-state index in [9.17, 15) is 4.79 Å². The highest BCUT2D eigenvalue weighted by Gasteiger charge is 2.15. The summed E-state index contributed by atoms with van der Waals surface area (Å²) >= 11 is 17.7. The van der Waals surface area contributed by atoms with E-state index >= 15 is 0 Å². The largest absolute Gasteiger partial charge is 0.289 e. The van der Waals surface area contributed by atoms with E-state index in [4.69, 9.17) is 34.8 Å². The lowest BCUT2D eigenvalue weighted by molar-refractivity contribution is 0.105. The van der Waals surface area contributed by atoms with Crippen LogP contribution in [0, 0.1) is 0 Å². The Morgan fingerprint density at radius 1 is 0.895 bits per heavy atom. The smallest absolute Gasteiger partial charge is 0.194 e. The second kappa shape index (κ2) is 5.79. The van der Waals surface area contributed by atoms with Crippen LogP contribution in [-0.4, -0.2) is 5.78 Å². The summed E-state index contributed by atoms with van der Waals surface area (Å²) in [5, 5.41) is 1.41. The van der Waals surface area contributed by atoms with Crippen LogP contribution in [0.2, 0.25) is 15.1 Å². The van der Waals surface area contributed by atoms with Crippen molar-refractivity contribution in [3.05, 3.63) is 75.2 Å². The Bertz CT molecular complexity index is 645. The lowest BCUT2D eigenvalue weighted by atomic mass is 9.98. The highest BCUT2D eigenvalue weighted by Crippen LogP contribution is 2.26. The molecule has 4 heteroatoms. The molecule has 0 aliphatic rings. The molecule has 0 aromatic heterocycles. The van der Waals surface area contributed by atoms with E-state index in [2.05, 4.69) is 6.58 Å². The molecule has 19 heavy (non-hydrogen) atoms. The van der Waals surface area contributed by atoms with Crippen LogP contribution in [-0.2, 0) is 0 Å². The SMILES string of the molecule is C=C(C(=O)c1cc(Cl)ccc1Cl)c1ccc(Cl)cc1. The van der Waals surface area contributed by atoms with Gasteiger partial charge >= 0.3 is 0 Å². The van der Waals surface area contributed by atoms with Crippen molar-refractivity contribution in [2.24, 2.45) is 0 Å². The molecule has 0 aliphatic heterocycles. The summed E-state index contributed by atoms with van der Waals surface area (Å²) in [6.07, 6.45) is 0. The van der Waals surface area contributed by atoms with Gasteiger partial charge in [-0.15, -0.1) is 0 Å². The van der Waals surface area contributed by atoms with Gasteiger partial charge in [-0.3, -0.25) is 4.79 Å². The fraction of sp³-hybridized carbons (Fsp3) is 0. The zero-order chi connectivity index (χ0) is 14.0. The van der Waals surface area contributed by atoms with Crippen molar-refractivity contribution < 1.29 is 4.79 Å². The van der Waals surface area contributed by atoms with Gasteiger partial charge in [0.2, 0.25) is 0 Å². The molecule has 0 aliphatic carbocycles. The molecule has 2 aromatic carbocycles. The average molecular weight is 312 g/mol. The first kappa shape index (κ1) is 14.1. The van der Waals surface area contributed by atoms with Crippen LogP contribution in [0.5, 0.6) is 0 Å². The number of benzene rings is 2. The maximum Gasteiger partial charge on any atom is 0.194 e. The van der Waals surface area contributed by atoms with Crippen molar-refractivity contribution >= 4 is 46.2 Å². The zero-order valence-electron chi connectivity index (χ0n) is 9.79. The third-order valence-corrected chi connectivity index (χ3v) is 3.46. The highest BCUT2D eigenvalue weighted by atomic mass is 35.5. The molecule has 0 N–H and O–H groups in total. The summed E-state index contributed by atoms with van der Waals surface area (Å²) in [4.78, 5) is 12.3. The lowest BCUT2D eigenvalue weighted by Crippen LogP contribution is -2.02. The average Bonchev–Trinajstić information content (AvgIpc) is 2.41. The van der Waals surface area contributed by atoms with E-state index in [0.717, 1.165) is 0 Å². The maximum atomic E-state index is 12.3. The van der Waals surface area contributed by atoms with Gasteiger partial charge in [0, 0.05) is 21.2 Å². The normalized spacial score (nSPS) is 10.3. The minimum atomic E-state index is -0.255. The number of carbonyl (C=O) groups is 1. The Kier molecular flexibility index (Phi) is 4.31. The van der Waals surface area contributed by atoms with Crippen LogP contribution in [0.4, 0.5) is 0 Å². The molecular weight excluding hydrogens is 303 g/mol. The molecule has 0 spiro atoms. The summed E-state index contributed by atoms with van der Waals surface area (Å²) in [5.74, 6) is -0.255. The molecule has 0 heterocycles. The Hall–Kier alpha value is -1.28. The first-order chi connectivity index (χ1) is 8.99. The van der Waals surface area contributed by atoms with E-state index in [1.165, 1.54) is 6.07 Å². The van der Waals surface area contributed by atoms with Crippen molar-refractivity contribution in [2.75, 3.05) is 0 Å². The minimum absolute atomic E-state index is 0.255. The number of ketones is 1. The molecule has 2 rings (SSSR count). The quantitative estimate of drug-likeness (QED) is 0.537. The van der Waals surface area contributed by atoms with Gasteiger partial charge in [-0.25, -0.2) is 0 Å². The van der Waals surface area contributed by atoms with Crippen LogP contribution < -0.4 is 0 Å².